The maximum atomic E-state index is 13.3. The summed E-state index contributed by atoms with van der Waals surface area (Å²) in [4.78, 5) is 57.6. The summed E-state index contributed by atoms with van der Waals surface area (Å²) in [7, 11) is 0. The van der Waals surface area contributed by atoms with Gasteiger partial charge in [-0.1, -0.05) is 19.9 Å². The fraction of sp³-hybridized carbons (Fsp3) is 0.552. The summed E-state index contributed by atoms with van der Waals surface area (Å²) in [5, 5.41) is 10.9. The molecule has 40 heavy (non-hydrogen) atoms. The van der Waals surface area contributed by atoms with E-state index in [0.717, 1.165) is 5.39 Å². The Bertz CT molecular complexity index is 1290. The van der Waals surface area contributed by atoms with Gasteiger partial charge in [0.15, 0.2) is 0 Å². The van der Waals surface area contributed by atoms with Gasteiger partial charge in [-0.2, -0.15) is 0 Å². The van der Waals surface area contributed by atoms with Crippen LogP contribution in [0.2, 0.25) is 0 Å². The first-order valence-corrected chi connectivity index (χ1v) is 13.9. The molecule has 1 saturated heterocycles. The van der Waals surface area contributed by atoms with E-state index in [1.165, 1.54) is 5.01 Å². The van der Waals surface area contributed by atoms with Crippen molar-refractivity contribution in [3.63, 3.8) is 0 Å². The highest BCUT2D eigenvalue weighted by Crippen LogP contribution is 2.25. The molecule has 0 saturated carbocycles. The second-order valence-corrected chi connectivity index (χ2v) is 11.7. The van der Waals surface area contributed by atoms with Gasteiger partial charge in [0.2, 0.25) is 17.7 Å². The van der Waals surface area contributed by atoms with E-state index in [2.05, 4.69) is 21.4 Å². The van der Waals surface area contributed by atoms with Crippen LogP contribution in [-0.2, 0) is 19.2 Å². The van der Waals surface area contributed by atoms with E-state index < -0.39 is 29.4 Å². The number of aromatic nitrogens is 1. The quantitative estimate of drug-likeness (QED) is 0.424. The van der Waals surface area contributed by atoms with Crippen molar-refractivity contribution in [1.82, 2.24) is 31.4 Å². The zero-order valence-corrected chi connectivity index (χ0v) is 24.0. The minimum absolute atomic E-state index is 0.0693. The number of nitrogens with zero attached hydrogens (tertiary/aromatic N) is 2. The molecule has 0 aliphatic carbocycles. The van der Waals surface area contributed by atoms with Crippen LogP contribution in [-0.4, -0.2) is 64.9 Å². The van der Waals surface area contributed by atoms with Gasteiger partial charge in [0.25, 0.3) is 5.91 Å². The van der Waals surface area contributed by atoms with Crippen molar-refractivity contribution in [1.29, 1.82) is 0 Å². The molecule has 2 aromatic rings. The lowest BCUT2D eigenvalue weighted by Gasteiger charge is -2.35. The van der Waals surface area contributed by atoms with Gasteiger partial charge in [-0.15, -0.1) is 0 Å². The van der Waals surface area contributed by atoms with Crippen molar-refractivity contribution in [3.05, 3.63) is 36.0 Å². The topological polar surface area (TPSA) is 142 Å². The average molecular weight is 553 g/mol. The van der Waals surface area contributed by atoms with Gasteiger partial charge in [0.05, 0.1) is 22.7 Å². The summed E-state index contributed by atoms with van der Waals surface area (Å²) in [5.74, 6) is -1.07. The molecule has 0 radical (unpaired) electrons. The standard InChI is InChI=1S/C29H40N6O5/c1-16(2)24-26(37)31-18(4)27(38)35-13-7-8-22(34-35)25(36)30-17(3)21-12-10-19-9-11-20(14-23(19)32-21)40-15-29(5,6)28(39)33-24/h9-12,14,16-18,22,24,34H,7-8,13,15H2,1-6H3,(H,30,36)(H,31,37)(H,33,39)/t17-,18+,22-,24+/m1/s1. The number of pyridine rings is 1. The molecule has 4 amide bonds. The van der Waals surface area contributed by atoms with Gasteiger partial charge >= 0.3 is 0 Å². The van der Waals surface area contributed by atoms with Gasteiger partial charge < -0.3 is 20.7 Å². The van der Waals surface area contributed by atoms with Gasteiger partial charge in [-0.25, -0.2) is 5.43 Å². The molecule has 1 fully saturated rings. The Morgan fingerprint density at radius 3 is 2.40 bits per heavy atom. The van der Waals surface area contributed by atoms with Crippen molar-refractivity contribution >= 4 is 34.5 Å². The van der Waals surface area contributed by atoms with Crippen LogP contribution in [0.4, 0.5) is 0 Å². The Morgan fingerprint density at radius 2 is 1.68 bits per heavy atom. The third kappa shape index (κ3) is 6.52. The summed E-state index contributed by atoms with van der Waals surface area (Å²) in [5.41, 5.74) is 3.45. The number of amides is 4. The fourth-order valence-electron chi connectivity index (χ4n) is 4.77. The molecule has 0 spiro atoms. The number of hydrazine groups is 1. The molecule has 1 aromatic carbocycles. The fourth-order valence-corrected chi connectivity index (χ4v) is 4.77. The zero-order chi connectivity index (χ0) is 29.2. The lowest BCUT2D eigenvalue weighted by atomic mass is 9.92. The molecule has 4 N–H and O–H groups in total. The summed E-state index contributed by atoms with van der Waals surface area (Å²) >= 11 is 0. The van der Waals surface area contributed by atoms with E-state index in [4.69, 9.17) is 9.72 Å². The SMILES string of the molecule is CC(C)[C@@H]1NC(=O)C(C)(C)COc2ccc3ccc(nc3c2)[C@@H](C)NC(=O)[C@H]2CCCN(N2)C(=O)[C@H](C)NC1=O. The van der Waals surface area contributed by atoms with Crippen molar-refractivity contribution in [2.45, 2.75) is 78.6 Å². The number of ether oxygens (including phenoxy) is 1. The Morgan fingerprint density at radius 1 is 0.975 bits per heavy atom. The van der Waals surface area contributed by atoms with E-state index in [1.54, 1.807) is 20.8 Å². The third-order valence-electron chi connectivity index (χ3n) is 7.44. The second kappa shape index (κ2) is 11.8. The van der Waals surface area contributed by atoms with Gasteiger partial charge in [-0.05, 0) is 64.7 Å². The molecular weight excluding hydrogens is 512 g/mol. The minimum atomic E-state index is -0.955. The van der Waals surface area contributed by atoms with E-state index >= 15 is 0 Å². The number of carbonyl (C=O) groups excluding carboxylic acids is 4. The molecule has 0 unspecified atom stereocenters. The largest absolute Gasteiger partial charge is 0.492 e. The maximum absolute atomic E-state index is 13.3. The number of benzene rings is 1. The lowest BCUT2D eigenvalue weighted by Crippen LogP contribution is -2.62. The van der Waals surface area contributed by atoms with Crippen LogP contribution < -0.4 is 26.1 Å². The van der Waals surface area contributed by atoms with Crippen molar-refractivity contribution < 1.29 is 23.9 Å². The molecule has 3 heterocycles. The monoisotopic (exact) mass is 552 g/mol. The summed E-state index contributed by atoms with van der Waals surface area (Å²) in [6.45, 7) is 11.1. The number of hydrogen-bond donors (Lipinski definition) is 4. The molecule has 2 aliphatic rings. The molecule has 2 aliphatic heterocycles. The predicted octanol–water partition coefficient (Wildman–Crippen LogP) is 1.97. The number of fused-ring (bicyclic) bond motifs is 4. The first kappa shape index (κ1) is 29.3. The normalized spacial score (nSPS) is 26.6. The highest BCUT2D eigenvalue weighted by Gasteiger charge is 2.36. The van der Waals surface area contributed by atoms with Gasteiger partial charge in [0.1, 0.15) is 30.5 Å². The average Bonchev–Trinajstić information content (AvgIpc) is 2.92. The molecule has 1 aromatic heterocycles. The van der Waals surface area contributed by atoms with E-state index in [9.17, 15) is 19.2 Å². The Hall–Kier alpha value is -3.73. The molecule has 4 rings (SSSR count). The second-order valence-electron chi connectivity index (χ2n) is 11.7. The smallest absolute Gasteiger partial charge is 0.258 e. The van der Waals surface area contributed by atoms with Crippen LogP contribution in [0.3, 0.4) is 0 Å². The van der Waals surface area contributed by atoms with Crippen LogP contribution in [0.5, 0.6) is 5.75 Å². The summed E-state index contributed by atoms with van der Waals surface area (Å²) in [6, 6.07) is 6.62. The zero-order valence-electron chi connectivity index (χ0n) is 24.0. The number of hydrogen-bond acceptors (Lipinski definition) is 7. The van der Waals surface area contributed by atoms with E-state index in [1.807, 2.05) is 51.1 Å². The van der Waals surface area contributed by atoms with E-state index in [-0.39, 0.29) is 36.3 Å². The third-order valence-corrected chi connectivity index (χ3v) is 7.44. The molecule has 11 heteroatoms. The van der Waals surface area contributed by atoms with Crippen LogP contribution in [0.15, 0.2) is 30.3 Å². The minimum Gasteiger partial charge on any atom is -0.492 e. The van der Waals surface area contributed by atoms with Crippen LogP contribution >= 0.6 is 0 Å². The van der Waals surface area contributed by atoms with Crippen LogP contribution in [0.25, 0.3) is 10.9 Å². The molecule has 4 atom stereocenters. The Labute approximate surface area is 234 Å². The summed E-state index contributed by atoms with van der Waals surface area (Å²) in [6.07, 6.45) is 1.19. The van der Waals surface area contributed by atoms with Crippen LogP contribution in [0.1, 0.15) is 66.1 Å². The predicted molar refractivity (Wildman–Crippen MR) is 150 cm³/mol. The Kier molecular flexibility index (Phi) is 8.62. The number of carbonyl (C=O) groups is 4. The molecular formula is C29H40N6O5. The molecule has 11 nitrogen and oxygen atoms in total. The van der Waals surface area contributed by atoms with Crippen LogP contribution in [0, 0.1) is 11.3 Å². The molecule has 5 bridgehead atoms. The van der Waals surface area contributed by atoms with Crippen molar-refractivity contribution in [2.75, 3.05) is 13.2 Å². The van der Waals surface area contributed by atoms with Crippen molar-refractivity contribution in [3.8, 4) is 5.75 Å². The van der Waals surface area contributed by atoms with E-state index in [0.29, 0.717) is 36.3 Å². The summed E-state index contributed by atoms with van der Waals surface area (Å²) < 4.78 is 6.01. The van der Waals surface area contributed by atoms with Gasteiger partial charge in [0, 0.05) is 18.0 Å². The first-order chi connectivity index (χ1) is 18.9. The van der Waals surface area contributed by atoms with Gasteiger partial charge in [-0.3, -0.25) is 29.2 Å². The first-order valence-electron chi connectivity index (χ1n) is 13.9. The highest BCUT2D eigenvalue weighted by molar-refractivity contribution is 5.93. The number of nitrogens with one attached hydrogen (secondary N) is 4. The maximum Gasteiger partial charge on any atom is 0.258 e. The lowest BCUT2D eigenvalue weighted by molar-refractivity contribution is -0.143. The molecule has 216 valence electrons. The highest BCUT2D eigenvalue weighted by atomic mass is 16.5. The number of rotatable bonds is 1. The van der Waals surface area contributed by atoms with Crippen molar-refractivity contribution in [2.24, 2.45) is 11.3 Å². The Balaban J connectivity index is 1.66.